The number of piperidine rings is 1. The van der Waals surface area contributed by atoms with Crippen molar-refractivity contribution in [3.63, 3.8) is 0 Å². The van der Waals surface area contributed by atoms with Crippen LogP contribution in [0, 0.1) is 0 Å². The second-order valence-electron chi connectivity index (χ2n) is 7.67. The fourth-order valence-electron chi connectivity index (χ4n) is 5.07. The van der Waals surface area contributed by atoms with Gasteiger partial charge in [0.05, 0.1) is 23.2 Å². The van der Waals surface area contributed by atoms with Crippen molar-refractivity contribution in [3.05, 3.63) is 34.7 Å². The van der Waals surface area contributed by atoms with Gasteiger partial charge in [0.1, 0.15) is 0 Å². The van der Waals surface area contributed by atoms with E-state index in [1.807, 2.05) is 22.8 Å². The molecule has 2 aromatic rings. The molecular weight excluding hydrogens is 302 g/mol. The maximum Gasteiger partial charge on any atom is 0.326 e. The molecule has 0 spiro atoms. The van der Waals surface area contributed by atoms with Gasteiger partial charge in [-0.3, -0.25) is 4.57 Å². The summed E-state index contributed by atoms with van der Waals surface area (Å²) in [6.45, 7) is 2.20. The SMILES string of the molecule is O=c1[nH]c2ccccc2n1C1CCN(C2CC3CCC(C2)O3)CC1. The molecule has 1 aromatic heterocycles. The maximum absolute atomic E-state index is 12.4. The van der Waals surface area contributed by atoms with Crippen molar-refractivity contribution < 1.29 is 4.74 Å². The fourth-order valence-corrected chi connectivity index (χ4v) is 5.07. The molecule has 128 valence electrons. The summed E-state index contributed by atoms with van der Waals surface area (Å²) >= 11 is 0. The van der Waals surface area contributed by atoms with Gasteiger partial charge in [-0.2, -0.15) is 0 Å². The normalized spacial score (nSPS) is 31.8. The van der Waals surface area contributed by atoms with Crippen molar-refractivity contribution in [1.82, 2.24) is 14.5 Å². The van der Waals surface area contributed by atoms with E-state index >= 15 is 0 Å². The zero-order valence-corrected chi connectivity index (χ0v) is 14.0. The molecule has 3 fully saturated rings. The number of aromatic amines is 1. The highest BCUT2D eigenvalue weighted by atomic mass is 16.5. The van der Waals surface area contributed by atoms with E-state index in [-0.39, 0.29) is 5.69 Å². The predicted octanol–water partition coefficient (Wildman–Crippen LogP) is 2.68. The quantitative estimate of drug-likeness (QED) is 0.922. The number of hydrogen-bond donors (Lipinski definition) is 1. The first-order valence-corrected chi connectivity index (χ1v) is 9.36. The summed E-state index contributed by atoms with van der Waals surface area (Å²) in [4.78, 5) is 18.0. The first-order valence-electron chi connectivity index (χ1n) is 9.36. The van der Waals surface area contributed by atoms with Crippen molar-refractivity contribution in [2.24, 2.45) is 0 Å². The molecule has 0 radical (unpaired) electrons. The molecule has 3 aliphatic rings. The minimum atomic E-state index is 0.0405. The van der Waals surface area contributed by atoms with Gasteiger partial charge in [-0.05, 0) is 50.7 Å². The van der Waals surface area contributed by atoms with Crippen LogP contribution in [0.4, 0.5) is 0 Å². The Morgan fingerprint density at radius 2 is 1.67 bits per heavy atom. The van der Waals surface area contributed by atoms with E-state index in [2.05, 4.69) is 16.0 Å². The largest absolute Gasteiger partial charge is 0.375 e. The summed E-state index contributed by atoms with van der Waals surface area (Å²) in [7, 11) is 0. The second kappa shape index (κ2) is 5.74. The van der Waals surface area contributed by atoms with Gasteiger partial charge in [-0.25, -0.2) is 4.79 Å². The molecular formula is C19H25N3O2. The third-order valence-electron chi connectivity index (χ3n) is 6.27. The summed E-state index contributed by atoms with van der Waals surface area (Å²) in [5, 5.41) is 0. The van der Waals surface area contributed by atoms with Crippen molar-refractivity contribution in [1.29, 1.82) is 0 Å². The number of ether oxygens (including phenoxy) is 1. The average molecular weight is 327 g/mol. The van der Waals surface area contributed by atoms with E-state index < -0.39 is 0 Å². The Bertz CT molecular complexity index is 775. The molecule has 2 atom stereocenters. The molecule has 4 heterocycles. The molecule has 5 rings (SSSR count). The highest BCUT2D eigenvalue weighted by molar-refractivity contribution is 5.75. The van der Waals surface area contributed by atoms with E-state index in [1.54, 1.807) is 0 Å². The summed E-state index contributed by atoms with van der Waals surface area (Å²) in [6.07, 6.45) is 8.04. The Hall–Kier alpha value is -1.59. The molecule has 24 heavy (non-hydrogen) atoms. The lowest BCUT2D eigenvalue weighted by Crippen LogP contribution is -2.47. The minimum Gasteiger partial charge on any atom is -0.375 e. The smallest absolute Gasteiger partial charge is 0.326 e. The Kier molecular flexibility index (Phi) is 3.52. The third-order valence-corrected chi connectivity index (χ3v) is 6.27. The lowest BCUT2D eigenvalue weighted by molar-refractivity contribution is -0.0418. The Labute approximate surface area is 141 Å². The highest BCUT2D eigenvalue weighted by Crippen LogP contribution is 2.36. The number of H-pyrrole nitrogens is 1. The van der Waals surface area contributed by atoms with Crippen molar-refractivity contribution >= 4 is 11.0 Å². The molecule has 2 bridgehead atoms. The van der Waals surface area contributed by atoms with Crippen LogP contribution in [0.2, 0.25) is 0 Å². The number of rotatable bonds is 2. The summed E-state index contributed by atoms with van der Waals surface area (Å²) < 4.78 is 7.97. The predicted molar refractivity (Wildman–Crippen MR) is 93.3 cm³/mol. The van der Waals surface area contributed by atoms with E-state index in [1.165, 1.54) is 25.7 Å². The number of nitrogens with zero attached hydrogens (tertiary/aromatic N) is 2. The van der Waals surface area contributed by atoms with E-state index in [0.29, 0.717) is 24.3 Å². The first kappa shape index (κ1) is 14.7. The lowest BCUT2D eigenvalue weighted by atomic mass is 9.97. The monoisotopic (exact) mass is 327 g/mol. The maximum atomic E-state index is 12.4. The van der Waals surface area contributed by atoms with Gasteiger partial charge in [0.15, 0.2) is 0 Å². The molecule has 1 N–H and O–H groups in total. The summed E-state index contributed by atoms with van der Waals surface area (Å²) in [5.41, 5.74) is 2.04. The summed E-state index contributed by atoms with van der Waals surface area (Å²) in [6, 6.07) is 9.04. The Morgan fingerprint density at radius 1 is 0.958 bits per heavy atom. The second-order valence-corrected chi connectivity index (χ2v) is 7.67. The van der Waals surface area contributed by atoms with Crippen LogP contribution in [0.15, 0.2) is 29.1 Å². The third kappa shape index (κ3) is 2.42. The lowest BCUT2D eigenvalue weighted by Gasteiger charge is -2.41. The molecule has 0 amide bonds. The summed E-state index contributed by atoms with van der Waals surface area (Å²) in [5.74, 6) is 0. The molecule has 1 aromatic carbocycles. The van der Waals surface area contributed by atoms with E-state index in [4.69, 9.17) is 4.74 Å². The van der Waals surface area contributed by atoms with E-state index in [9.17, 15) is 4.79 Å². The van der Waals surface area contributed by atoms with Crippen molar-refractivity contribution in [2.75, 3.05) is 13.1 Å². The van der Waals surface area contributed by atoms with Gasteiger partial charge in [-0.15, -0.1) is 0 Å². The Balaban J connectivity index is 1.31. The van der Waals surface area contributed by atoms with Crippen LogP contribution >= 0.6 is 0 Å². The van der Waals surface area contributed by atoms with Crippen LogP contribution in [0.1, 0.15) is 44.6 Å². The highest BCUT2D eigenvalue weighted by Gasteiger charge is 2.38. The van der Waals surface area contributed by atoms with Crippen LogP contribution in [0.25, 0.3) is 11.0 Å². The fraction of sp³-hybridized carbons (Fsp3) is 0.632. The number of benzene rings is 1. The molecule has 5 nitrogen and oxygen atoms in total. The number of para-hydroxylation sites is 2. The number of imidazole rings is 1. The van der Waals surface area contributed by atoms with Gasteiger partial charge in [0.2, 0.25) is 0 Å². The van der Waals surface area contributed by atoms with Gasteiger partial charge in [0, 0.05) is 25.2 Å². The van der Waals surface area contributed by atoms with Crippen LogP contribution in [0.5, 0.6) is 0 Å². The average Bonchev–Trinajstić information content (AvgIpc) is 3.13. The molecule has 3 saturated heterocycles. The van der Waals surface area contributed by atoms with Gasteiger partial charge >= 0.3 is 5.69 Å². The number of aromatic nitrogens is 2. The standard InChI is InChI=1S/C19H25N3O2/c23-19-20-17-3-1-2-4-18(17)22(19)13-7-9-21(10-8-13)14-11-15-5-6-16(12-14)24-15/h1-4,13-16H,5-12H2,(H,20,23). The number of nitrogens with one attached hydrogen (secondary N) is 1. The van der Waals surface area contributed by atoms with Crippen molar-refractivity contribution in [3.8, 4) is 0 Å². The first-order chi connectivity index (χ1) is 11.8. The molecule has 5 heteroatoms. The number of fused-ring (bicyclic) bond motifs is 3. The molecule has 0 aliphatic carbocycles. The van der Waals surface area contributed by atoms with Crippen LogP contribution in [-0.2, 0) is 4.74 Å². The van der Waals surface area contributed by atoms with Crippen LogP contribution in [-0.4, -0.2) is 45.8 Å². The molecule has 0 saturated carbocycles. The zero-order chi connectivity index (χ0) is 16.1. The Morgan fingerprint density at radius 3 is 2.42 bits per heavy atom. The minimum absolute atomic E-state index is 0.0405. The van der Waals surface area contributed by atoms with Crippen molar-refractivity contribution in [2.45, 2.75) is 62.8 Å². The van der Waals surface area contributed by atoms with Crippen LogP contribution in [0.3, 0.4) is 0 Å². The van der Waals surface area contributed by atoms with Crippen LogP contribution < -0.4 is 5.69 Å². The van der Waals surface area contributed by atoms with E-state index in [0.717, 1.165) is 37.0 Å². The van der Waals surface area contributed by atoms with Gasteiger partial charge in [-0.1, -0.05) is 12.1 Å². The number of hydrogen-bond acceptors (Lipinski definition) is 3. The molecule has 2 unspecified atom stereocenters. The zero-order valence-electron chi connectivity index (χ0n) is 14.0. The van der Waals surface area contributed by atoms with Gasteiger partial charge in [0.25, 0.3) is 0 Å². The van der Waals surface area contributed by atoms with Gasteiger partial charge < -0.3 is 14.6 Å². The number of likely N-dealkylation sites (tertiary alicyclic amines) is 1. The molecule has 3 aliphatic heterocycles. The topological polar surface area (TPSA) is 50.3 Å².